The van der Waals surface area contributed by atoms with Crippen LogP contribution in [0.3, 0.4) is 0 Å². The standard InChI is InChI=1S/C16H25NO2/c1-4-13(3)15-7-5-14(6-8-15)11-17-10-12(2)9-16(18)19/h5-8,12-13,17H,4,9-11H2,1-3H3,(H,18,19). The Bertz CT molecular complexity index is 386. The van der Waals surface area contributed by atoms with Gasteiger partial charge in [-0.05, 0) is 35.9 Å². The lowest BCUT2D eigenvalue weighted by Gasteiger charge is -2.12. The van der Waals surface area contributed by atoms with Crippen molar-refractivity contribution < 1.29 is 9.90 Å². The van der Waals surface area contributed by atoms with Crippen LogP contribution in [-0.2, 0) is 11.3 Å². The molecule has 3 heteroatoms. The lowest BCUT2D eigenvalue weighted by atomic mass is 9.97. The van der Waals surface area contributed by atoms with Crippen molar-refractivity contribution in [1.29, 1.82) is 0 Å². The van der Waals surface area contributed by atoms with Gasteiger partial charge in [-0.3, -0.25) is 4.79 Å². The summed E-state index contributed by atoms with van der Waals surface area (Å²) in [6, 6.07) is 8.67. The number of aliphatic carboxylic acids is 1. The summed E-state index contributed by atoms with van der Waals surface area (Å²) >= 11 is 0. The quantitative estimate of drug-likeness (QED) is 0.755. The molecule has 3 nitrogen and oxygen atoms in total. The van der Waals surface area contributed by atoms with Crippen LogP contribution in [0.1, 0.15) is 50.7 Å². The third-order valence-electron chi connectivity index (χ3n) is 3.51. The van der Waals surface area contributed by atoms with E-state index in [1.165, 1.54) is 11.1 Å². The summed E-state index contributed by atoms with van der Waals surface area (Å²) in [6.07, 6.45) is 1.38. The maximum atomic E-state index is 10.5. The number of rotatable bonds is 8. The van der Waals surface area contributed by atoms with Gasteiger partial charge in [0.05, 0.1) is 0 Å². The maximum Gasteiger partial charge on any atom is 0.303 e. The third kappa shape index (κ3) is 5.88. The molecule has 0 saturated heterocycles. The molecular formula is C16H25NO2. The first-order chi connectivity index (χ1) is 9.02. The summed E-state index contributed by atoms with van der Waals surface area (Å²) in [5.41, 5.74) is 2.63. The molecule has 0 radical (unpaired) electrons. The van der Waals surface area contributed by atoms with Gasteiger partial charge in [-0.25, -0.2) is 0 Å². The summed E-state index contributed by atoms with van der Waals surface area (Å²) in [7, 11) is 0. The highest BCUT2D eigenvalue weighted by Gasteiger charge is 2.07. The van der Waals surface area contributed by atoms with E-state index in [1.54, 1.807) is 0 Å². The molecule has 0 aliphatic rings. The Morgan fingerprint density at radius 2 is 1.89 bits per heavy atom. The van der Waals surface area contributed by atoms with Crippen molar-refractivity contribution in [3.05, 3.63) is 35.4 Å². The van der Waals surface area contributed by atoms with Crippen LogP contribution in [-0.4, -0.2) is 17.6 Å². The first-order valence-electron chi connectivity index (χ1n) is 7.04. The number of nitrogens with one attached hydrogen (secondary N) is 1. The van der Waals surface area contributed by atoms with E-state index in [0.29, 0.717) is 5.92 Å². The molecule has 2 N–H and O–H groups in total. The molecule has 0 bridgehead atoms. The van der Waals surface area contributed by atoms with Crippen LogP contribution in [0.4, 0.5) is 0 Å². The predicted molar refractivity (Wildman–Crippen MR) is 78.3 cm³/mol. The molecule has 0 saturated carbocycles. The molecule has 0 amide bonds. The van der Waals surface area contributed by atoms with Crippen molar-refractivity contribution in [2.75, 3.05) is 6.54 Å². The van der Waals surface area contributed by atoms with Gasteiger partial charge in [-0.2, -0.15) is 0 Å². The maximum absolute atomic E-state index is 10.5. The molecular weight excluding hydrogens is 238 g/mol. The molecule has 106 valence electrons. The normalized spacial score (nSPS) is 14.1. The van der Waals surface area contributed by atoms with Gasteiger partial charge in [0.1, 0.15) is 0 Å². The van der Waals surface area contributed by atoms with E-state index in [-0.39, 0.29) is 12.3 Å². The minimum absolute atomic E-state index is 0.164. The van der Waals surface area contributed by atoms with Gasteiger partial charge < -0.3 is 10.4 Å². The van der Waals surface area contributed by atoms with Crippen LogP contribution in [0, 0.1) is 5.92 Å². The average molecular weight is 263 g/mol. The molecule has 1 aromatic carbocycles. The van der Waals surface area contributed by atoms with Gasteiger partial charge in [0, 0.05) is 13.0 Å². The predicted octanol–water partition coefficient (Wildman–Crippen LogP) is 3.40. The highest BCUT2D eigenvalue weighted by atomic mass is 16.4. The smallest absolute Gasteiger partial charge is 0.303 e. The number of carboxylic acid groups (broad SMARTS) is 1. The monoisotopic (exact) mass is 263 g/mol. The summed E-state index contributed by atoms with van der Waals surface area (Å²) < 4.78 is 0. The van der Waals surface area contributed by atoms with E-state index in [9.17, 15) is 4.79 Å². The molecule has 0 fully saturated rings. The highest BCUT2D eigenvalue weighted by Crippen LogP contribution is 2.18. The molecule has 1 rings (SSSR count). The minimum Gasteiger partial charge on any atom is -0.481 e. The Morgan fingerprint density at radius 1 is 1.26 bits per heavy atom. The zero-order valence-corrected chi connectivity index (χ0v) is 12.1. The van der Waals surface area contributed by atoms with E-state index in [4.69, 9.17) is 5.11 Å². The second kappa shape index (κ2) is 7.95. The van der Waals surface area contributed by atoms with Crippen LogP contribution >= 0.6 is 0 Å². The second-order valence-corrected chi connectivity index (χ2v) is 5.38. The van der Waals surface area contributed by atoms with Crippen molar-refractivity contribution in [3.8, 4) is 0 Å². The molecule has 2 atom stereocenters. The summed E-state index contributed by atoms with van der Waals surface area (Å²) in [5.74, 6) is 0.0432. The van der Waals surface area contributed by atoms with Crippen LogP contribution in [0.15, 0.2) is 24.3 Å². The van der Waals surface area contributed by atoms with E-state index in [1.807, 2.05) is 6.92 Å². The van der Waals surface area contributed by atoms with Crippen LogP contribution in [0.5, 0.6) is 0 Å². The summed E-state index contributed by atoms with van der Waals surface area (Å²) in [6.45, 7) is 7.92. The van der Waals surface area contributed by atoms with E-state index in [0.717, 1.165) is 19.5 Å². The van der Waals surface area contributed by atoms with Crippen molar-refractivity contribution in [2.45, 2.75) is 46.1 Å². The van der Waals surface area contributed by atoms with Gasteiger partial charge in [-0.1, -0.05) is 45.0 Å². The molecule has 0 spiro atoms. The lowest BCUT2D eigenvalue weighted by Crippen LogP contribution is -2.22. The van der Waals surface area contributed by atoms with Crippen LogP contribution in [0.2, 0.25) is 0 Å². The molecule has 1 aromatic rings. The summed E-state index contributed by atoms with van der Waals surface area (Å²) in [5, 5.41) is 12.0. The Labute approximate surface area is 116 Å². The van der Waals surface area contributed by atoms with Gasteiger partial charge >= 0.3 is 5.97 Å². The largest absolute Gasteiger partial charge is 0.481 e. The lowest BCUT2D eigenvalue weighted by molar-refractivity contribution is -0.137. The molecule has 19 heavy (non-hydrogen) atoms. The molecule has 0 heterocycles. The topological polar surface area (TPSA) is 49.3 Å². The number of carboxylic acids is 1. The highest BCUT2D eigenvalue weighted by molar-refractivity contribution is 5.66. The second-order valence-electron chi connectivity index (χ2n) is 5.38. The number of hydrogen-bond acceptors (Lipinski definition) is 2. The van der Waals surface area contributed by atoms with Crippen LogP contribution in [0.25, 0.3) is 0 Å². The number of carbonyl (C=O) groups is 1. The van der Waals surface area contributed by atoms with E-state index < -0.39 is 5.97 Å². The Kier molecular flexibility index (Phi) is 6.57. The Morgan fingerprint density at radius 3 is 2.42 bits per heavy atom. The van der Waals surface area contributed by atoms with Crippen molar-refractivity contribution in [1.82, 2.24) is 5.32 Å². The SMILES string of the molecule is CCC(C)c1ccc(CNCC(C)CC(=O)O)cc1. The Balaban J connectivity index is 2.36. The van der Waals surface area contributed by atoms with Gasteiger partial charge in [0.2, 0.25) is 0 Å². The zero-order chi connectivity index (χ0) is 14.3. The zero-order valence-electron chi connectivity index (χ0n) is 12.1. The van der Waals surface area contributed by atoms with Crippen molar-refractivity contribution in [3.63, 3.8) is 0 Å². The number of hydrogen-bond donors (Lipinski definition) is 2. The molecule has 2 unspecified atom stereocenters. The molecule has 0 aromatic heterocycles. The van der Waals surface area contributed by atoms with Gasteiger partial charge in [0.15, 0.2) is 0 Å². The molecule has 0 aliphatic carbocycles. The van der Waals surface area contributed by atoms with E-state index >= 15 is 0 Å². The first kappa shape index (κ1) is 15.7. The van der Waals surface area contributed by atoms with Crippen LogP contribution < -0.4 is 5.32 Å². The van der Waals surface area contributed by atoms with Gasteiger partial charge in [0.25, 0.3) is 0 Å². The average Bonchev–Trinajstić information content (AvgIpc) is 2.37. The van der Waals surface area contributed by atoms with Crippen molar-refractivity contribution in [2.24, 2.45) is 5.92 Å². The first-order valence-corrected chi connectivity index (χ1v) is 7.04. The fourth-order valence-electron chi connectivity index (χ4n) is 2.03. The van der Waals surface area contributed by atoms with Gasteiger partial charge in [-0.15, -0.1) is 0 Å². The fourth-order valence-corrected chi connectivity index (χ4v) is 2.03. The minimum atomic E-state index is -0.729. The van der Waals surface area contributed by atoms with Crippen molar-refractivity contribution >= 4 is 5.97 Å². The fraction of sp³-hybridized carbons (Fsp3) is 0.562. The third-order valence-corrected chi connectivity index (χ3v) is 3.51. The number of benzene rings is 1. The molecule has 0 aliphatic heterocycles. The summed E-state index contributed by atoms with van der Waals surface area (Å²) in [4.78, 5) is 10.5. The Hall–Kier alpha value is -1.35. The van der Waals surface area contributed by atoms with E-state index in [2.05, 4.69) is 43.4 Å².